The zero-order valence-electron chi connectivity index (χ0n) is 32.3. The van der Waals surface area contributed by atoms with E-state index >= 15 is 0 Å². The smallest absolute Gasteiger partial charge is 0.164 e. The summed E-state index contributed by atoms with van der Waals surface area (Å²) in [5, 5.41) is 4.45. The van der Waals surface area contributed by atoms with Crippen molar-refractivity contribution in [2.45, 2.75) is 0 Å². The number of rotatable bonds is 7. The van der Waals surface area contributed by atoms with Gasteiger partial charge < -0.3 is 0 Å². The van der Waals surface area contributed by atoms with E-state index in [0.717, 1.165) is 72.0 Å². The Labute approximate surface area is 346 Å². The summed E-state index contributed by atoms with van der Waals surface area (Å²) >= 11 is 0. The first-order valence-electron chi connectivity index (χ1n) is 19.9. The predicted molar refractivity (Wildman–Crippen MR) is 244 cm³/mol. The van der Waals surface area contributed by atoms with Crippen LogP contribution in [-0.4, -0.2) is 29.9 Å². The number of benzene rings is 7. The fourth-order valence-corrected chi connectivity index (χ4v) is 8.05. The van der Waals surface area contributed by atoms with E-state index in [4.69, 9.17) is 19.9 Å². The zero-order valence-corrected chi connectivity index (χ0v) is 32.3. The molecule has 0 N–H and O–H groups in total. The standard InChI is InChI=1S/C54H34N6/c1-3-12-40(13-4-1)52-58-53(41-14-5-2-6-15-41)60-54(59-52)44-32-42(35-20-24-38(25-21-35)46-18-9-16-37-11-7-8-17-45(37)46)31-43(33-44)36-22-26-39(27-23-36)50-47-28-30-55-34-48(47)51-49(57-50)19-10-29-56-51/h1-34H. The highest BCUT2D eigenvalue weighted by Gasteiger charge is 2.16. The SMILES string of the molecule is c1ccc(-c2nc(-c3ccccc3)nc(-c3cc(-c4ccc(-c5cccc6ccccc56)cc4)cc(-c4ccc(-c5nc6cccnc6c6cnccc56)cc4)c3)n2)cc1. The van der Waals surface area contributed by atoms with Gasteiger partial charge in [0.25, 0.3) is 0 Å². The van der Waals surface area contributed by atoms with Crippen molar-refractivity contribution in [3.05, 3.63) is 207 Å². The van der Waals surface area contributed by atoms with Gasteiger partial charge >= 0.3 is 0 Å². The molecule has 0 spiro atoms. The number of nitrogens with zero attached hydrogens (tertiary/aromatic N) is 6. The number of pyridine rings is 3. The van der Waals surface area contributed by atoms with Crippen molar-refractivity contribution in [1.82, 2.24) is 29.9 Å². The molecular formula is C54H34N6. The van der Waals surface area contributed by atoms with Crippen molar-refractivity contribution in [1.29, 1.82) is 0 Å². The molecule has 0 atom stereocenters. The van der Waals surface area contributed by atoms with E-state index in [-0.39, 0.29) is 0 Å². The van der Waals surface area contributed by atoms with E-state index in [1.165, 1.54) is 21.9 Å². The van der Waals surface area contributed by atoms with E-state index in [0.29, 0.717) is 17.5 Å². The highest BCUT2D eigenvalue weighted by Crippen LogP contribution is 2.37. The second kappa shape index (κ2) is 14.9. The molecule has 11 rings (SSSR count). The van der Waals surface area contributed by atoms with Crippen LogP contribution in [0.25, 0.3) is 111 Å². The van der Waals surface area contributed by atoms with Crippen molar-refractivity contribution in [2.24, 2.45) is 0 Å². The average molecular weight is 767 g/mol. The van der Waals surface area contributed by atoms with Crippen LogP contribution in [0.15, 0.2) is 207 Å². The third-order valence-electron chi connectivity index (χ3n) is 11.1. The summed E-state index contributed by atoms with van der Waals surface area (Å²) in [4.78, 5) is 29.3. The van der Waals surface area contributed by atoms with Gasteiger partial charge in [-0.25, -0.2) is 19.9 Å². The molecule has 0 saturated carbocycles. The maximum atomic E-state index is 5.12. The van der Waals surface area contributed by atoms with Gasteiger partial charge in [-0.1, -0.05) is 152 Å². The van der Waals surface area contributed by atoms with Gasteiger partial charge in [-0.05, 0) is 80.6 Å². The van der Waals surface area contributed by atoms with Crippen molar-refractivity contribution >= 4 is 32.6 Å². The van der Waals surface area contributed by atoms with Crippen molar-refractivity contribution in [2.75, 3.05) is 0 Å². The Kier molecular flexibility index (Phi) is 8.71. The van der Waals surface area contributed by atoms with Crippen LogP contribution < -0.4 is 0 Å². The number of aromatic nitrogens is 6. The van der Waals surface area contributed by atoms with Gasteiger partial charge in [0.05, 0.1) is 16.7 Å². The predicted octanol–water partition coefficient (Wildman–Crippen LogP) is 13.2. The molecule has 0 radical (unpaired) electrons. The minimum atomic E-state index is 0.601. The summed E-state index contributed by atoms with van der Waals surface area (Å²) in [6.07, 6.45) is 5.49. The summed E-state index contributed by atoms with van der Waals surface area (Å²) < 4.78 is 0. The normalized spacial score (nSPS) is 11.3. The molecule has 0 aliphatic rings. The first-order chi connectivity index (χ1) is 29.7. The number of hydrogen-bond donors (Lipinski definition) is 0. The first-order valence-corrected chi connectivity index (χ1v) is 19.9. The molecule has 0 saturated heterocycles. The quantitative estimate of drug-likeness (QED) is 0.150. The lowest BCUT2D eigenvalue weighted by atomic mass is 9.93. The molecule has 4 heterocycles. The van der Waals surface area contributed by atoms with Crippen LogP contribution in [0.4, 0.5) is 0 Å². The highest BCUT2D eigenvalue weighted by atomic mass is 15.0. The third-order valence-corrected chi connectivity index (χ3v) is 11.1. The molecule has 0 aliphatic heterocycles. The topological polar surface area (TPSA) is 77.3 Å². The van der Waals surface area contributed by atoms with Crippen LogP contribution in [-0.2, 0) is 0 Å². The van der Waals surface area contributed by atoms with Crippen LogP contribution in [0.1, 0.15) is 0 Å². The van der Waals surface area contributed by atoms with Gasteiger partial charge in [0.15, 0.2) is 17.5 Å². The van der Waals surface area contributed by atoms with Crippen LogP contribution in [0.5, 0.6) is 0 Å². The number of hydrogen-bond acceptors (Lipinski definition) is 6. The van der Waals surface area contributed by atoms with Crippen LogP contribution in [0.3, 0.4) is 0 Å². The molecule has 0 bridgehead atoms. The van der Waals surface area contributed by atoms with Crippen LogP contribution in [0, 0.1) is 0 Å². The Morgan fingerprint density at radius 2 is 0.883 bits per heavy atom. The second-order valence-electron chi connectivity index (χ2n) is 14.8. The monoisotopic (exact) mass is 766 g/mol. The van der Waals surface area contributed by atoms with Gasteiger partial charge in [-0.15, -0.1) is 0 Å². The van der Waals surface area contributed by atoms with Crippen LogP contribution in [0.2, 0.25) is 0 Å². The van der Waals surface area contributed by atoms with Crippen molar-refractivity contribution in [3.8, 4) is 78.8 Å². The Morgan fingerprint density at radius 1 is 0.317 bits per heavy atom. The second-order valence-corrected chi connectivity index (χ2v) is 14.8. The molecule has 60 heavy (non-hydrogen) atoms. The first kappa shape index (κ1) is 35.0. The van der Waals surface area contributed by atoms with E-state index < -0.39 is 0 Å². The van der Waals surface area contributed by atoms with Gasteiger partial charge in [-0.3, -0.25) is 9.97 Å². The fourth-order valence-electron chi connectivity index (χ4n) is 8.05. The molecule has 0 fully saturated rings. The van der Waals surface area contributed by atoms with Gasteiger partial charge in [-0.2, -0.15) is 0 Å². The lowest BCUT2D eigenvalue weighted by Gasteiger charge is -2.14. The Hall–Kier alpha value is -8.22. The lowest BCUT2D eigenvalue weighted by molar-refractivity contribution is 1.07. The molecule has 11 aromatic rings. The van der Waals surface area contributed by atoms with E-state index in [2.05, 4.69) is 119 Å². The Balaban J connectivity index is 1.06. The molecular weight excluding hydrogens is 733 g/mol. The Morgan fingerprint density at radius 3 is 1.57 bits per heavy atom. The van der Waals surface area contributed by atoms with Gasteiger partial charge in [0.1, 0.15) is 0 Å². The molecule has 280 valence electrons. The summed E-state index contributed by atoms with van der Waals surface area (Å²) in [6, 6.07) is 65.3. The lowest BCUT2D eigenvalue weighted by Crippen LogP contribution is -2.00. The largest absolute Gasteiger partial charge is 0.264 e. The summed E-state index contributed by atoms with van der Waals surface area (Å²) in [5.74, 6) is 1.84. The minimum absolute atomic E-state index is 0.601. The zero-order chi connectivity index (χ0) is 39.8. The maximum Gasteiger partial charge on any atom is 0.164 e. The van der Waals surface area contributed by atoms with E-state index in [9.17, 15) is 0 Å². The minimum Gasteiger partial charge on any atom is -0.264 e. The summed E-state index contributed by atoms with van der Waals surface area (Å²) in [7, 11) is 0. The van der Waals surface area contributed by atoms with E-state index in [1.54, 1.807) is 6.20 Å². The van der Waals surface area contributed by atoms with Gasteiger partial charge in [0.2, 0.25) is 0 Å². The van der Waals surface area contributed by atoms with Crippen LogP contribution >= 0.6 is 0 Å². The van der Waals surface area contributed by atoms with Crippen molar-refractivity contribution < 1.29 is 0 Å². The van der Waals surface area contributed by atoms with Gasteiger partial charge in [0, 0.05) is 51.6 Å². The van der Waals surface area contributed by atoms with Crippen molar-refractivity contribution in [3.63, 3.8) is 0 Å². The number of fused-ring (bicyclic) bond motifs is 4. The summed E-state index contributed by atoms with van der Waals surface area (Å²) in [6.45, 7) is 0. The third kappa shape index (κ3) is 6.52. The molecule has 0 unspecified atom stereocenters. The molecule has 7 aromatic carbocycles. The molecule has 0 amide bonds. The molecule has 4 aromatic heterocycles. The fraction of sp³-hybridized carbons (Fsp3) is 0. The average Bonchev–Trinajstić information content (AvgIpc) is 3.34. The highest BCUT2D eigenvalue weighted by molar-refractivity contribution is 6.08. The maximum absolute atomic E-state index is 5.12. The Bertz CT molecular complexity index is 3290. The van der Waals surface area contributed by atoms with E-state index in [1.807, 2.05) is 91.3 Å². The summed E-state index contributed by atoms with van der Waals surface area (Å²) in [5.41, 5.74) is 13.0. The molecule has 6 heteroatoms. The molecule has 6 nitrogen and oxygen atoms in total. The molecule has 0 aliphatic carbocycles.